The van der Waals surface area contributed by atoms with Crippen LogP contribution in [-0.2, 0) is 19.1 Å². The zero-order valence-corrected chi connectivity index (χ0v) is 14.0. The smallest absolute Gasteiger partial charge is 0.434 e. The third kappa shape index (κ3) is 27.9. The summed E-state index contributed by atoms with van der Waals surface area (Å²) in [5.74, 6) is -0.633. The molecule has 0 amide bonds. The first-order chi connectivity index (χ1) is 9.90. The topological polar surface area (TPSA) is 69.7 Å². The first-order valence-corrected chi connectivity index (χ1v) is 7.79. The zero-order valence-electron chi connectivity index (χ0n) is 13.3. The summed E-state index contributed by atoms with van der Waals surface area (Å²) in [5, 5.41) is -0.361. The number of unbranched alkanes of at least 4 members (excludes halogenated alkanes) is 7. The van der Waals surface area contributed by atoms with Crippen molar-refractivity contribution in [3.63, 3.8) is 0 Å². The standard InChI is InChI=1S/C13H24O4.C2H3ClO/c1-3-4-5-6-7-8-9-10-11-16-13(15)17-12(2)14;1-2(3)4/h3-11H2,1-2H3;1H3. The molecular formula is C15H27ClO5. The van der Waals surface area contributed by atoms with Crippen molar-refractivity contribution in [3.05, 3.63) is 0 Å². The fraction of sp³-hybridized carbons (Fsp3) is 0.800. The van der Waals surface area contributed by atoms with E-state index in [2.05, 4.69) is 23.3 Å². The number of carbonyl (C=O) groups is 3. The molecule has 0 saturated carbocycles. The van der Waals surface area contributed by atoms with E-state index >= 15 is 0 Å². The van der Waals surface area contributed by atoms with Gasteiger partial charge in [-0.05, 0) is 18.0 Å². The van der Waals surface area contributed by atoms with Crippen molar-refractivity contribution in [1.82, 2.24) is 0 Å². The lowest BCUT2D eigenvalue weighted by molar-refractivity contribution is -0.137. The Morgan fingerprint density at radius 2 is 1.29 bits per heavy atom. The highest BCUT2D eigenvalue weighted by molar-refractivity contribution is 6.62. The molecule has 0 bridgehead atoms. The van der Waals surface area contributed by atoms with E-state index in [1.54, 1.807) is 0 Å². The van der Waals surface area contributed by atoms with Crippen molar-refractivity contribution >= 4 is 29.0 Å². The zero-order chi connectivity index (χ0) is 16.5. The summed E-state index contributed by atoms with van der Waals surface area (Å²) < 4.78 is 8.94. The van der Waals surface area contributed by atoms with E-state index in [1.807, 2.05) is 0 Å². The first kappa shape index (κ1) is 22.2. The molecule has 0 aromatic rings. The fourth-order valence-corrected chi connectivity index (χ4v) is 1.54. The van der Waals surface area contributed by atoms with Gasteiger partial charge in [-0.1, -0.05) is 51.9 Å². The van der Waals surface area contributed by atoms with E-state index in [4.69, 9.17) is 4.74 Å². The van der Waals surface area contributed by atoms with Crippen LogP contribution in [-0.4, -0.2) is 24.0 Å². The summed E-state index contributed by atoms with van der Waals surface area (Å²) in [5.41, 5.74) is 0. The summed E-state index contributed by atoms with van der Waals surface area (Å²) in [4.78, 5) is 30.4. The predicted octanol–water partition coefficient (Wildman–Crippen LogP) is 4.60. The maximum Gasteiger partial charge on any atom is 0.516 e. The van der Waals surface area contributed by atoms with Crippen LogP contribution in [0.25, 0.3) is 0 Å². The van der Waals surface area contributed by atoms with E-state index in [0.29, 0.717) is 6.61 Å². The number of ether oxygens (including phenoxy) is 2. The van der Waals surface area contributed by atoms with Crippen molar-refractivity contribution in [3.8, 4) is 0 Å². The molecule has 0 atom stereocenters. The average molecular weight is 323 g/mol. The Bertz CT molecular complexity index is 288. The molecule has 0 aliphatic heterocycles. The highest BCUT2D eigenvalue weighted by Gasteiger charge is 2.05. The summed E-state index contributed by atoms with van der Waals surface area (Å²) in [6.07, 6.45) is 8.62. The molecule has 0 heterocycles. The molecule has 0 saturated heterocycles. The quantitative estimate of drug-likeness (QED) is 0.268. The van der Waals surface area contributed by atoms with Crippen LogP contribution >= 0.6 is 11.6 Å². The molecule has 0 radical (unpaired) electrons. The van der Waals surface area contributed by atoms with Gasteiger partial charge < -0.3 is 9.47 Å². The highest BCUT2D eigenvalue weighted by Crippen LogP contribution is 2.08. The van der Waals surface area contributed by atoms with Crippen LogP contribution in [0.2, 0.25) is 0 Å². The van der Waals surface area contributed by atoms with Crippen LogP contribution in [0.4, 0.5) is 4.79 Å². The predicted molar refractivity (Wildman–Crippen MR) is 82.3 cm³/mol. The lowest BCUT2D eigenvalue weighted by Gasteiger charge is -2.03. The second-order valence-electron chi connectivity index (χ2n) is 4.64. The van der Waals surface area contributed by atoms with Gasteiger partial charge in [-0.25, -0.2) is 4.79 Å². The van der Waals surface area contributed by atoms with Crippen molar-refractivity contribution in [1.29, 1.82) is 0 Å². The Labute approximate surface area is 132 Å². The molecule has 0 spiro atoms. The molecule has 0 aliphatic carbocycles. The molecular weight excluding hydrogens is 296 g/mol. The van der Waals surface area contributed by atoms with E-state index in [0.717, 1.165) is 12.8 Å². The molecule has 0 aliphatic rings. The summed E-state index contributed by atoms with van der Waals surface area (Å²) in [7, 11) is 0. The molecule has 0 N–H and O–H groups in total. The van der Waals surface area contributed by atoms with Crippen LogP contribution in [0, 0.1) is 0 Å². The third-order valence-corrected chi connectivity index (χ3v) is 2.44. The van der Waals surface area contributed by atoms with Gasteiger partial charge in [0, 0.05) is 13.8 Å². The Hall–Kier alpha value is -1.10. The van der Waals surface area contributed by atoms with E-state index in [-0.39, 0.29) is 5.24 Å². The van der Waals surface area contributed by atoms with Gasteiger partial charge in [-0.2, -0.15) is 0 Å². The highest BCUT2D eigenvalue weighted by atomic mass is 35.5. The largest absolute Gasteiger partial charge is 0.516 e. The van der Waals surface area contributed by atoms with E-state index in [9.17, 15) is 14.4 Å². The minimum atomic E-state index is -0.888. The van der Waals surface area contributed by atoms with Crippen LogP contribution in [0.1, 0.15) is 72.1 Å². The Morgan fingerprint density at radius 3 is 1.71 bits per heavy atom. The molecule has 0 unspecified atom stereocenters. The van der Waals surface area contributed by atoms with Crippen molar-refractivity contribution in [2.75, 3.05) is 6.61 Å². The van der Waals surface area contributed by atoms with Gasteiger partial charge in [0.15, 0.2) is 0 Å². The molecule has 21 heavy (non-hydrogen) atoms. The minimum Gasteiger partial charge on any atom is -0.434 e. The SMILES string of the molecule is CC(=O)Cl.CCCCCCCCCCOC(=O)OC(C)=O. The summed E-state index contributed by atoms with van der Waals surface area (Å²) >= 11 is 4.64. The van der Waals surface area contributed by atoms with Gasteiger partial charge in [-0.3, -0.25) is 9.59 Å². The Balaban J connectivity index is 0. The molecule has 124 valence electrons. The van der Waals surface area contributed by atoms with Crippen molar-refractivity contribution < 1.29 is 23.9 Å². The van der Waals surface area contributed by atoms with Gasteiger partial charge in [0.1, 0.15) is 0 Å². The maximum absolute atomic E-state index is 10.8. The number of halogens is 1. The summed E-state index contributed by atoms with van der Waals surface area (Å²) in [6, 6.07) is 0. The van der Waals surface area contributed by atoms with Gasteiger partial charge in [0.25, 0.3) is 0 Å². The number of carbonyl (C=O) groups excluding carboxylic acids is 3. The number of hydrogen-bond donors (Lipinski definition) is 0. The van der Waals surface area contributed by atoms with Gasteiger partial charge >= 0.3 is 12.1 Å². The minimum absolute atomic E-state index is 0.334. The number of rotatable bonds is 9. The molecule has 0 rings (SSSR count). The average Bonchev–Trinajstić information content (AvgIpc) is 2.35. The lowest BCUT2D eigenvalue weighted by Crippen LogP contribution is -2.11. The van der Waals surface area contributed by atoms with Crippen LogP contribution < -0.4 is 0 Å². The monoisotopic (exact) mass is 322 g/mol. The van der Waals surface area contributed by atoms with Crippen LogP contribution in [0.3, 0.4) is 0 Å². The van der Waals surface area contributed by atoms with Crippen LogP contribution in [0.5, 0.6) is 0 Å². The molecule has 0 fully saturated rings. The number of esters is 1. The molecule has 6 heteroatoms. The van der Waals surface area contributed by atoms with Gasteiger partial charge in [-0.15, -0.1) is 0 Å². The second-order valence-corrected chi connectivity index (χ2v) is 5.17. The molecule has 0 aromatic carbocycles. The third-order valence-electron chi connectivity index (χ3n) is 2.44. The lowest BCUT2D eigenvalue weighted by atomic mass is 10.1. The Morgan fingerprint density at radius 1 is 0.857 bits per heavy atom. The second kappa shape index (κ2) is 17.0. The van der Waals surface area contributed by atoms with E-state index < -0.39 is 12.1 Å². The van der Waals surface area contributed by atoms with Crippen LogP contribution in [0.15, 0.2) is 0 Å². The fourth-order valence-electron chi connectivity index (χ4n) is 1.54. The van der Waals surface area contributed by atoms with Gasteiger partial charge in [0.2, 0.25) is 5.24 Å². The van der Waals surface area contributed by atoms with Crippen molar-refractivity contribution in [2.24, 2.45) is 0 Å². The molecule has 0 aromatic heterocycles. The number of hydrogen-bond acceptors (Lipinski definition) is 5. The normalized spacial score (nSPS) is 9.33. The molecule has 5 nitrogen and oxygen atoms in total. The maximum atomic E-state index is 10.8. The van der Waals surface area contributed by atoms with E-state index in [1.165, 1.54) is 52.4 Å². The van der Waals surface area contributed by atoms with Crippen molar-refractivity contribution in [2.45, 2.75) is 72.1 Å². The first-order valence-electron chi connectivity index (χ1n) is 7.41. The Kier molecular flexibility index (Phi) is 17.9. The summed E-state index contributed by atoms with van der Waals surface area (Å²) in [6.45, 7) is 5.01. The van der Waals surface area contributed by atoms with Gasteiger partial charge in [0.05, 0.1) is 6.61 Å².